The first-order valence-corrected chi connectivity index (χ1v) is 3.19. The van der Waals surface area contributed by atoms with E-state index in [0.717, 1.165) is 0 Å². The Hall–Kier alpha value is -1.12. The fourth-order valence-electron chi connectivity index (χ4n) is 0.853. The molecule has 0 aromatic heterocycles. The van der Waals surface area contributed by atoms with E-state index in [2.05, 4.69) is 5.22 Å². The van der Waals surface area contributed by atoms with Crippen LogP contribution in [0.3, 0.4) is 0 Å². The van der Waals surface area contributed by atoms with E-state index in [0.29, 0.717) is 0 Å². The van der Waals surface area contributed by atoms with Gasteiger partial charge in [0.15, 0.2) is 0 Å². The molecule has 1 heterocycles. The molecule has 1 rings (SSSR count). The second kappa shape index (κ2) is 2.25. The Morgan fingerprint density at radius 2 is 2.10 bits per heavy atom. The SMILES string of the molecule is CC1(C)C=CC=CN1N=N. The number of allylic oxidation sites excluding steroid dienone is 2. The predicted molar refractivity (Wildman–Crippen MR) is 39.3 cm³/mol. The zero-order chi connectivity index (χ0) is 7.61. The molecule has 0 aromatic rings. The van der Waals surface area contributed by atoms with Crippen LogP contribution in [0.4, 0.5) is 0 Å². The van der Waals surface area contributed by atoms with E-state index in [-0.39, 0.29) is 5.54 Å². The van der Waals surface area contributed by atoms with Crippen molar-refractivity contribution in [2.75, 3.05) is 0 Å². The summed E-state index contributed by atoms with van der Waals surface area (Å²) in [7, 11) is 0. The molecule has 0 aliphatic carbocycles. The van der Waals surface area contributed by atoms with Crippen molar-refractivity contribution in [2.45, 2.75) is 19.4 Å². The van der Waals surface area contributed by atoms with Crippen LogP contribution in [0.2, 0.25) is 0 Å². The van der Waals surface area contributed by atoms with Crippen LogP contribution in [0.1, 0.15) is 13.8 Å². The Balaban J connectivity index is 2.84. The summed E-state index contributed by atoms with van der Waals surface area (Å²) in [5.74, 6) is 0. The Morgan fingerprint density at radius 3 is 2.50 bits per heavy atom. The van der Waals surface area contributed by atoms with Gasteiger partial charge in [-0.1, -0.05) is 17.4 Å². The van der Waals surface area contributed by atoms with Crippen LogP contribution in [0.25, 0.3) is 0 Å². The van der Waals surface area contributed by atoms with Crippen LogP contribution in [-0.4, -0.2) is 10.5 Å². The van der Waals surface area contributed by atoms with Gasteiger partial charge >= 0.3 is 0 Å². The third kappa shape index (κ3) is 1.07. The lowest BCUT2D eigenvalue weighted by Gasteiger charge is -2.30. The van der Waals surface area contributed by atoms with E-state index in [1.54, 1.807) is 11.2 Å². The highest BCUT2D eigenvalue weighted by Crippen LogP contribution is 2.19. The summed E-state index contributed by atoms with van der Waals surface area (Å²) in [6.45, 7) is 4.01. The Labute approximate surface area is 60.5 Å². The van der Waals surface area contributed by atoms with Crippen molar-refractivity contribution in [3.05, 3.63) is 24.4 Å². The topological polar surface area (TPSA) is 39.5 Å². The van der Waals surface area contributed by atoms with Crippen LogP contribution < -0.4 is 0 Å². The van der Waals surface area contributed by atoms with Gasteiger partial charge in [0, 0.05) is 6.20 Å². The van der Waals surface area contributed by atoms with E-state index >= 15 is 0 Å². The maximum Gasteiger partial charge on any atom is 0.0770 e. The number of hydrogen-bond acceptors (Lipinski definition) is 2. The van der Waals surface area contributed by atoms with Crippen LogP contribution in [-0.2, 0) is 0 Å². The summed E-state index contributed by atoms with van der Waals surface area (Å²) in [6, 6.07) is 0. The molecule has 0 unspecified atom stereocenters. The molecule has 1 N–H and O–H groups in total. The van der Waals surface area contributed by atoms with Crippen molar-refractivity contribution < 1.29 is 0 Å². The molecule has 1 aliphatic heterocycles. The minimum atomic E-state index is -0.142. The maximum absolute atomic E-state index is 6.82. The molecule has 0 bridgehead atoms. The van der Waals surface area contributed by atoms with Crippen LogP contribution in [0.5, 0.6) is 0 Å². The van der Waals surface area contributed by atoms with E-state index in [1.165, 1.54) is 0 Å². The number of nitrogens with zero attached hydrogens (tertiary/aromatic N) is 2. The fourth-order valence-corrected chi connectivity index (χ4v) is 0.853. The molecule has 0 fully saturated rings. The minimum absolute atomic E-state index is 0.142. The normalized spacial score (nSPS) is 21.2. The average Bonchev–Trinajstić information content (AvgIpc) is 1.87. The van der Waals surface area contributed by atoms with Gasteiger partial charge in [0.2, 0.25) is 0 Å². The average molecular weight is 137 g/mol. The van der Waals surface area contributed by atoms with E-state index < -0.39 is 0 Å². The van der Waals surface area contributed by atoms with Gasteiger partial charge in [0.05, 0.1) is 5.54 Å². The predicted octanol–water partition coefficient (Wildman–Crippen LogP) is 2.10. The van der Waals surface area contributed by atoms with Crippen LogP contribution >= 0.6 is 0 Å². The number of hydrogen-bond donors (Lipinski definition) is 1. The molecule has 0 amide bonds. The molecule has 10 heavy (non-hydrogen) atoms. The van der Waals surface area contributed by atoms with Crippen molar-refractivity contribution in [3.63, 3.8) is 0 Å². The van der Waals surface area contributed by atoms with Gasteiger partial charge < -0.3 is 0 Å². The highest BCUT2D eigenvalue weighted by atomic mass is 15.5. The maximum atomic E-state index is 6.82. The largest absolute Gasteiger partial charge is 0.245 e. The molecule has 0 spiro atoms. The molecule has 54 valence electrons. The molecule has 0 aromatic carbocycles. The number of rotatable bonds is 1. The summed E-state index contributed by atoms with van der Waals surface area (Å²) in [5, 5.41) is 4.95. The van der Waals surface area contributed by atoms with Crippen molar-refractivity contribution >= 4 is 0 Å². The smallest absolute Gasteiger partial charge is 0.0770 e. The number of nitrogens with one attached hydrogen (secondary N) is 1. The second-order valence-corrected chi connectivity index (χ2v) is 2.80. The van der Waals surface area contributed by atoms with Crippen molar-refractivity contribution in [1.29, 1.82) is 5.53 Å². The molecule has 0 radical (unpaired) electrons. The van der Waals surface area contributed by atoms with Crippen molar-refractivity contribution in [3.8, 4) is 0 Å². The van der Waals surface area contributed by atoms with Gasteiger partial charge in [-0.25, -0.2) is 5.01 Å². The van der Waals surface area contributed by atoms with Crippen molar-refractivity contribution in [2.24, 2.45) is 5.22 Å². The molecule has 0 saturated heterocycles. The lowest BCUT2D eigenvalue weighted by Crippen LogP contribution is -2.35. The quantitative estimate of drug-likeness (QED) is 0.552. The Bertz CT molecular complexity index is 191. The van der Waals surface area contributed by atoms with Gasteiger partial charge in [-0.3, -0.25) is 0 Å². The zero-order valence-electron chi connectivity index (χ0n) is 6.20. The third-order valence-corrected chi connectivity index (χ3v) is 1.54. The van der Waals surface area contributed by atoms with E-state index in [1.807, 2.05) is 32.1 Å². The Kier molecular flexibility index (Phi) is 1.57. The lowest BCUT2D eigenvalue weighted by atomic mass is 10.0. The summed E-state index contributed by atoms with van der Waals surface area (Å²) in [6.07, 6.45) is 7.61. The van der Waals surface area contributed by atoms with Gasteiger partial charge in [-0.2, -0.15) is 5.53 Å². The second-order valence-electron chi connectivity index (χ2n) is 2.80. The molecule has 0 saturated carbocycles. The molecule has 3 heteroatoms. The van der Waals surface area contributed by atoms with Gasteiger partial charge in [0.25, 0.3) is 0 Å². The highest BCUT2D eigenvalue weighted by Gasteiger charge is 2.21. The molecule has 0 atom stereocenters. The summed E-state index contributed by atoms with van der Waals surface area (Å²) in [4.78, 5) is 0. The first-order chi connectivity index (χ1) is 4.67. The van der Waals surface area contributed by atoms with Gasteiger partial charge in [-0.15, -0.1) is 0 Å². The summed E-state index contributed by atoms with van der Waals surface area (Å²) in [5.41, 5.74) is 6.68. The monoisotopic (exact) mass is 137 g/mol. The third-order valence-electron chi connectivity index (χ3n) is 1.54. The summed E-state index contributed by atoms with van der Waals surface area (Å²) < 4.78 is 0. The standard InChI is InChI=1S/C7H11N3/c1-7(2)5-3-4-6-10(7)9-8/h3-6,8H,1-2H3. The van der Waals surface area contributed by atoms with E-state index in [4.69, 9.17) is 5.53 Å². The fraction of sp³-hybridized carbons (Fsp3) is 0.429. The first-order valence-electron chi connectivity index (χ1n) is 3.19. The van der Waals surface area contributed by atoms with Gasteiger partial charge in [-0.05, 0) is 19.9 Å². The van der Waals surface area contributed by atoms with Crippen LogP contribution in [0, 0.1) is 5.53 Å². The van der Waals surface area contributed by atoms with Crippen LogP contribution in [0.15, 0.2) is 29.7 Å². The van der Waals surface area contributed by atoms with Gasteiger partial charge in [0.1, 0.15) is 0 Å². The molecule has 1 aliphatic rings. The highest BCUT2D eigenvalue weighted by molar-refractivity contribution is 5.16. The summed E-state index contributed by atoms with van der Waals surface area (Å²) >= 11 is 0. The lowest BCUT2D eigenvalue weighted by molar-refractivity contribution is 0.221. The zero-order valence-corrected chi connectivity index (χ0v) is 6.20. The molecular formula is C7H11N3. The molecule has 3 nitrogen and oxygen atoms in total. The minimum Gasteiger partial charge on any atom is -0.245 e. The van der Waals surface area contributed by atoms with Crippen molar-refractivity contribution in [1.82, 2.24) is 5.01 Å². The Morgan fingerprint density at radius 1 is 1.40 bits per heavy atom. The first kappa shape index (κ1) is 6.99. The molecular weight excluding hydrogens is 126 g/mol. The van der Waals surface area contributed by atoms with E-state index in [9.17, 15) is 0 Å².